The number of pyridine rings is 1. The van der Waals surface area contributed by atoms with E-state index < -0.39 is 0 Å². The Morgan fingerprint density at radius 1 is 0.850 bits per heavy atom. The molecule has 1 aromatic heterocycles. The number of aryl methyl sites for hydroxylation is 2. The zero-order chi connectivity index (χ0) is 14.1. The molecule has 2 aromatic carbocycles. The lowest BCUT2D eigenvalue weighted by Crippen LogP contribution is -1.98. The Morgan fingerprint density at radius 3 is 2.50 bits per heavy atom. The summed E-state index contributed by atoms with van der Waals surface area (Å²) in [5.74, 6) is 0.898. The monoisotopic (exact) mass is 262 g/mol. The Morgan fingerprint density at radius 2 is 1.65 bits per heavy atom. The second-order valence-electron chi connectivity index (χ2n) is 5.21. The largest absolute Gasteiger partial charge is 0.340 e. The van der Waals surface area contributed by atoms with Gasteiger partial charge in [-0.05, 0) is 55.7 Å². The van der Waals surface area contributed by atoms with Crippen LogP contribution in [0.4, 0.5) is 11.5 Å². The highest BCUT2D eigenvalue weighted by Crippen LogP contribution is 2.25. The van der Waals surface area contributed by atoms with E-state index in [0.717, 1.165) is 17.0 Å². The maximum atomic E-state index is 4.69. The highest BCUT2D eigenvalue weighted by molar-refractivity contribution is 5.84. The molecule has 2 nitrogen and oxygen atoms in total. The van der Waals surface area contributed by atoms with Crippen molar-refractivity contribution < 1.29 is 0 Å². The number of anilines is 2. The molecule has 3 aromatic rings. The Bertz CT molecular complexity index is 775. The predicted molar refractivity (Wildman–Crippen MR) is 85.7 cm³/mol. The van der Waals surface area contributed by atoms with Crippen molar-refractivity contribution in [2.45, 2.75) is 20.8 Å². The molecule has 0 aliphatic heterocycles. The Balaban J connectivity index is 2.05. The molecule has 3 rings (SSSR count). The van der Waals surface area contributed by atoms with Gasteiger partial charge in [-0.3, -0.25) is 0 Å². The highest BCUT2D eigenvalue weighted by Gasteiger charge is 2.05. The molecular formula is C18H18N2. The van der Waals surface area contributed by atoms with Crippen LogP contribution >= 0.6 is 0 Å². The molecule has 0 atom stereocenters. The third kappa shape index (κ3) is 2.25. The van der Waals surface area contributed by atoms with E-state index >= 15 is 0 Å². The van der Waals surface area contributed by atoms with E-state index in [9.17, 15) is 0 Å². The van der Waals surface area contributed by atoms with Crippen LogP contribution in [0.5, 0.6) is 0 Å². The molecule has 0 radical (unpaired) electrons. The summed E-state index contributed by atoms with van der Waals surface area (Å²) in [7, 11) is 0. The van der Waals surface area contributed by atoms with Crippen LogP contribution in [-0.2, 0) is 0 Å². The maximum absolute atomic E-state index is 4.69. The smallest absolute Gasteiger partial charge is 0.131 e. The molecular weight excluding hydrogens is 244 g/mol. The van der Waals surface area contributed by atoms with Crippen LogP contribution in [0.15, 0.2) is 48.5 Å². The number of para-hydroxylation sites is 1. The minimum absolute atomic E-state index is 0.898. The fourth-order valence-electron chi connectivity index (χ4n) is 2.44. The zero-order valence-electron chi connectivity index (χ0n) is 12.1. The molecule has 0 saturated heterocycles. The third-order valence-electron chi connectivity index (χ3n) is 3.79. The van der Waals surface area contributed by atoms with Crippen molar-refractivity contribution in [3.8, 4) is 0 Å². The molecule has 0 fully saturated rings. The van der Waals surface area contributed by atoms with Gasteiger partial charge in [0.25, 0.3) is 0 Å². The first-order chi connectivity index (χ1) is 9.65. The summed E-state index contributed by atoms with van der Waals surface area (Å²) in [5.41, 5.74) is 5.93. The first-order valence-electron chi connectivity index (χ1n) is 6.85. The first kappa shape index (κ1) is 12.7. The SMILES string of the molecule is Cc1cccc(Nc2cc(C)c3ccccc3n2)c1C. The van der Waals surface area contributed by atoms with Crippen LogP contribution in [0.2, 0.25) is 0 Å². The molecule has 0 spiro atoms. The van der Waals surface area contributed by atoms with E-state index in [0.29, 0.717) is 0 Å². The second-order valence-corrected chi connectivity index (χ2v) is 5.21. The molecule has 1 N–H and O–H groups in total. The lowest BCUT2D eigenvalue weighted by Gasteiger charge is -2.12. The van der Waals surface area contributed by atoms with E-state index in [4.69, 9.17) is 4.98 Å². The van der Waals surface area contributed by atoms with Crippen molar-refractivity contribution >= 4 is 22.4 Å². The third-order valence-corrected chi connectivity index (χ3v) is 3.79. The highest BCUT2D eigenvalue weighted by atomic mass is 15.0. The quantitative estimate of drug-likeness (QED) is 0.710. The number of hydrogen-bond acceptors (Lipinski definition) is 2. The fraction of sp³-hybridized carbons (Fsp3) is 0.167. The van der Waals surface area contributed by atoms with Crippen molar-refractivity contribution in [2.75, 3.05) is 5.32 Å². The van der Waals surface area contributed by atoms with Crippen LogP contribution in [0.25, 0.3) is 10.9 Å². The van der Waals surface area contributed by atoms with E-state index in [2.05, 4.69) is 68.6 Å². The van der Waals surface area contributed by atoms with Crippen molar-refractivity contribution in [2.24, 2.45) is 0 Å². The van der Waals surface area contributed by atoms with Crippen molar-refractivity contribution in [1.82, 2.24) is 4.98 Å². The standard InChI is InChI=1S/C18H18N2/c1-12-7-6-10-16(14(12)3)19-18-11-13(2)15-8-4-5-9-17(15)20-18/h4-11H,1-3H3,(H,19,20). The summed E-state index contributed by atoms with van der Waals surface area (Å²) >= 11 is 0. The molecule has 0 saturated carbocycles. The molecule has 0 aliphatic carbocycles. The minimum atomic E-state index is 0.898. The lowest BCUT2D eigenvalue weighted by atomic mass is 10.1. The van der Waals surface area contributed by atoms with Crippen LogP contribution < -0.4 is 5.32 Å². The number of rotatable bonds is 2. The molecule has 0 aliphatic rings. The summed E-state index contributed by atoms with van der Waals surface area (Å²) in [6, 6.07) is 16.6. The average Bonchev–Trinajstić information content (AvgIpc) is 2.44. The van der Waals surface area contributed by atoms with Gasteiger partial charge in [-0.2, -0.15) is 0 Å². The number of benzene rings is 2. The van der Waals surface area contributed by atoms with Gasteiger partial charge in [-0.15, -0.1) is 0 Å². The van der Waals surface area contributed by atoms with Gasteiger partial charge in [0.05, 0.1) is 5.52 Å². The summed E-state index contributed by atoms with van der Waals surface area (Å²) in [6.45, 7) is 6.38. The minimum Gasteiger partial charge on any atom is -0.340 e. The number of aromatic nitrogens is 1. The van der Waals surface area contributed by atoms with E-state index in [-0.39, 0.29) is 0 Å². The van der Waals surface area contributed by atoms with Crippen LogP contribution in [0.1, 0.15) is 16.7 Å². The second kappa shape index (κ2) is 4.97. The summed E-state index contributed by atoms with van der Waals surface area (Å²) < 4.78 is 0. The molecule has 2 heteroatoms. The van der Waals surface area contributed by atoms with Gasteiger partial charge in [-0.1, -0.05) is 30.3 Å². The molecule has 0 amide bonds. The number of fused-ring (bicyclic) bond motifs is 1. The van der Waals surface area contributed by atoms with Gasteiger partial charge >= 0.3 is 0 Å². The molecule has 0 unspecified atom stereocenters. The van der Waals surface area contributed by atoms with Gasteiger partial charge in [0.1, 0.15) is 5.82 Å². The summed E-state index contributed by atoms with van der Waals surface area (Å²) in [4.78, 5) is 4.69. The normalized spacial score (nSPS) is 10.8. The molecule has 20 heavy (non-hydrogen) atoms. The molecule has 100 valence electrons. The topological polar surface area (TPSA) is 24.9 Å². The Kier molecular flexibility index (Phi) is 3.15. The lowest BCUT2D eigenvalue weighted by molar-refractivity contribution is 1.29. The van der Waals surface area contributed by atoms with E-state index in [1.807, 2.05) is 6.07 Å². The van der Waals surface area contributed by atoms with E-state index in [1.165, 1.54) is 22.1 Å². The Hall–Kier alpha value is -2.35. The Labute approximate surface area is 119 Å². The maximum Gasteiger partial charge on any atom is 0.131 e. The van der Waals surface area contributed by atoms with Gasteiger partial charge in [0.2, 0.25) is 0 Å². The van der Waals surface area contributed by atoms with E-state index in [1.54, 1.807) is 0 Å². The van der Waals surface area contributed by atoms with Gasteiger partial charge in [0, 0.05) is 11.1 Å². The molecule has 1 heterocycles. The van der Waals surface area contributed by atoms with Crippen LogP contribution in [0, 0.1) is 20.8 Å². The first-order valence-corrected chi connectivity index (χ1v) is 6.85. The molecule has 0 bridgehead atoms. The van der Waals surface area contributed by atoms with Crippen LogP contribution in [0.3, 0.4) is 0 Å². The van der Waals surface area contributed by atoms with Gasteiger partial charge < -0.3 is 5.32 Å². The van der Waals surface area contributed by atoms with Crippen molar-refractivity contribution in [3.05, 3.63) is 65.2 Å². The van der Waals surface area contributed by atoms with Gasteiger partial charge in [0.15, 0.2) is 0 Å². The van der Waals surface area contributed by atoms with Crippen molar-refractivity contribution in [1.29, 1.82) is 0 Å². The number of nitrogens with one attached hydrogen (secondary N) is 1. The average molecular weight is 262 g/mol. The zero-order valence-corrected chi connectivity index (χ0v) is 12.1. The summed E-state index contributed by atoms with van der Waals surface area (Å²) in [5, 5.41) is 4.64. The predicted octanol–water partition coefficient (Wildman–Crippen LogP) is 4.90. The van der Waals surface area contributed by atoms with Crippen LogP contribution in [-0.4, -0.2) is 4.98 Å². The van der Waals surface area contributed by atoms with Gasteiger partial charge in [-0.25, -0.2) is 4.98 Å². The summed E-state index contributed by atoms with van der Waals surface area (Å²) in [6.07, 6.45) is 0. The number of hydrogen-bond donors (Lipinski definition) is 1. The fourth-order valence-corrected chi connectivity index (χ4v) is 2.44. The van der Waals surface area contributed by atoms with Crippen molar-refractivity contribution in [3.63, 3.8) is 0 Å². The number of nitrogens with zero attached hydrogens (tertiary/aromatic N) is 1.